The molecular formula is C13H22O2. The van der Waals surface area contributed by atoms with Crippen LogP contribution in [0.25, 0.3) is 0 Å². The van der Waals surface area contributed by atoms with Crippen molar-refractivity contribution in [3.05, 3.63) is 38.0 Å². The van der Waals surface area contributed by atoms with E-state index in [0.29, 0.717) is 19.4 Å². The summed E-state index contributed by atoms with van der Waals surface area (Å²) in [5.41, 5.74) is -0.570. The Bertz CT molecular complexity index is 211. The molecule has 0 fully saturated rings. The lowest BCUT2D eigenvalue weighted by atomic mass is 9.91. The molecule has 0 aliphatic rings. The van der Waals surface area contributed by atoms with Gasteiger partial charge in [-0.05, 0) is 26.2 Å². The Labute approximate surface area is 93.0 Å². The second-order valence-electron chi connectivity index (χ2n) is 3.79. The summed E-state index contributed by atoms with van der Waals surface area (Å²) >= 11 is 0. The summed E-state index contributed by atoms with van der Waals surface area (Å²) in [5, 5.41) is 10.0. The van der Waals surface area contributed by atoms with Gasteiger partial charge in [-0.3, -0.25) is 0 Å². The van der Waals surface area contributed by atoms with Gasteiger partial charge in [-0.2, -0.15) is 0 Å². The molecule has 0 spiro atoms. The van der Waals surface area contributed by atoms with Crippen LogP contribution in [0.15, 0.2) is 38.0 Å². The van der Waals surface area contributed by atoms with Crippen LogP contribution in [0, 0.1) is 0 Å². The minimum absolute atomic E-state index is 0.440. The molecule has 0 aromatic rings. The Hall–Kier alpha value is -0.860. The van der Waals surface area contributed by atoms with Crippen LogP contribution in [0.1, 0.15) is 26.2 Å². The maximum atomic E-state index is 10.0. The van der Waals surface area contributed by atoms with Gasteiger partial charge in [-0.25, -0.2) is 0 Å². The highest BCUT2D eigenvalue weighted by Crippen LogP contribution is 2.24. The van der Waals surface area contributed by atoms with Crippen LogP contribution in [0.5, 0.6) is 0 Å². The van der Waals surface area contributed by atoms with Crippen LogP contribution in [0.3, 0.4) is 0 Å². The molecule has 0 amide bonds. The summed E-state index contributed by atoms with van der Waals surface area (Å²) in [5.74, 6) is 0. The summed E-state index contributed by atoms with van der Waals surface area (Å²) in [6, 6.07) is 0. The maximum Gasteiger partial charge on any atom is 0.0950 e. The van der Waals surface area contributed by atoms with Gasteiger partial charge in [-0.1, -0.05) is 18.2 Å². The third-order valence-electron chi connectivity index (χ3n) is 2.43. The fourth-order valence-corrected chi connectivity index (χ4v) is 1.41. The average molecular weight is 210 g/mol. The zero-order chi connectivity index (χ0) is 11.7. The molecule has 86 valence electrons. The summed E-state index contributed by atoms with van der Waals surface area (Å²) in [7, 11) is 0. The van der Waals surface area contributed by atoms with Crippen LogP contribution >= 0.6 is 0 Å². The molecule has 0 aromatic carbocycles. The Morgan fingerprint density at radius 3 is 2.40 bits per heavy atom. The van der Waals surface area contributed by atoms with E-state index in [1.54, 1.807) is 18.2 Å². The van der Waals surface area contributed by atoms with E-state index in [-0.39, 0.29) is 0 Å². The molecule has 0 aromatic heterocycles. The van der Waals surface area contributed by atoms with Gasteiger partial charge in [0.05, 0.1) is 18.3 Å². The van der Waals surface area contributed by atoms with Gasteiger partial charge in [0.25, 0.3) is 0 Å². The average Bonchev–Trinajstić information content (AvgIpc) is 2.23. The molecule has 0 aliphatic carbocycles. The quantitative estimate of drug-likeness (QED) is 0.593. The van der Waals surface area contributed by atoms with Gasteiger partial charge in [0.2, 0.25) is 0 Å². The second kappa shape index (κ2) is 7.43. The Kier molecular flexibility index (Phi) is 7.01. The van der Waals surface area contributed by atoms with E-state index in [0.717, 1.165) is 6.42 Å². The number of rotatable bonds is 9. The molecule has 2 nitrogen and oxygen atoms in total. The van der Waals surface area contributed by atoms with E-state index in [9.17, 15) is 5.11 Å². The van der Waals surface area contributed by atoms with E-state index in [1.165, 1.54) is 0 Å². The predicted molar refractivity (Wildman–Crippen MR) is 64.8 cm³/mol. The highest BCUT2D eigenvalue weighted by atomic mass is 16.5. The fraction of sp³-hybridized carbons (Fsp3) is 0.538. The summed E-state index contributed by atoms with van der Waals surface area (Å²) in [4.78, 5) is 0. The smallest absolute Gasteiger partial charge is 0.0950 e. The molecule has 1 N–H and O–H groups in total. The highest BCUT2D eigenvalue weighted by Gasteiger charge is 2.31. The van der Waals surface area contributed by atoms with Crippen molar-refractivity contribution >= 4 is 0 Å². The third-order valence-corrected chi connectivity index (χ3v) is 2.43. The van der Waals surface area contributed by atoms with E-state index in [2.05, 4.69) is 19.7 Å². The number of hydrogen-bond donors (Lipinski definition) is 1. The van der Waals surface area contributed by atoms with Crippen molar-refractivity contribution in [2.45, 2.75) is 37.9 Å². The van der Waals surface area contributed by atoms with Crippen molar-refractivity contribution in [1.82, 2.24) is 0 Å². The first-order valence-electron chi connectivity index (χ1n) is 5.25. The topological polar surface area (TPSA) is 29.5 Å². The van der Waals surface area contributed by atoms with Crippen LogP contribution < -0.4 is 0 Å². The van der Waals surface area contributed by atoms with Crippen molar-refractivity contribution in [2.24, 2.45) is 0 Å². The minimum Gasteiger partial charge on any atom is -0.390 e. The number of ether oxygens (including phenoxy) is 1. The van der Waals surface area contributed by atoms with Crippen LogP contribution in [0.2, 0.25) is 0 Å². The lowest BCUT2D eigenvalue weighted by molar-refractivity contribution is -0.103. The van der Waals surface area contributed by atoms with Gasteiger partial charge >= 0.3 is 0 Å². The van der Waals surface area contributed by atoms with E-state index >= 15 is 0 Å². The molecule has 0 heterocycles. The SMILES string of the molecule is C=CCC[C@@H](O)[C@](C)(CC=C)OCC=C. The van der Waals surface area contributed by atoms with Crippen LogP contribution in [-0.4, -0.2) is 23.4 Å². The number of aliphatic hydroxyl groups excluding tert-OH is 1. The van der Waals surface area contributed by atoms with E-state index < -0.39 is 11.7 Å². The Morgan fingerprint density at radius 1 is 1.27 bits per heavy atom. The van der Waals surface area contributed by atoms with Crippen molar-refractivity contribution in [3.63, 3.8) is 0 Å². The first-order valence-corrected chi connectivity index (χ1v) is 5.25. The highest BCUT2D eigenvalue weighted by molar-refractivity contribution is 4.92. The molecule has 2 heteroatoms. The molecular weight excluding hydrogens is 188 g/mol. The Morgan fingerprint density at radius 2 is 1.93 bits per heavy atom. The molecule has 0 saturated carbocycles. The molecule has 15 heavy (non-hydrogen) atoms. The first-order chi connectivity index (χ1) is 7.10. The van der Waals surface area contributed by atoms with Crippen LogP contribution in [0.4, 0.5) is 0 Å². The van der Waals surface area contributed by atoms with Crippen LogP contribution in [-0.2, 0) is 4.74 Å². The van der Waals surface area contributed by atoms with Crippen molar-refractivity contribution in [3.8, 4) is 0 Å². The molecule has 0 rings (SSSR count). The van der Waals surface area contributed by atoms with Gasteiger partial charge in [-0.15, -0.1) is 19.7 Å². The first kappa shape index (κ1) is 14.1. The van der Waals surface area contributed by atoms with Crippen molar-refractivity contribution in [1.29, 1.82) is 0 Å². The van der Waals surface area contributed by atoms with E-state index in [4.69, 9.17) is 4.74 Å². The lowest BCUT2D eigenvalue weighted by Gasteiger charge is -2.33. The number of aliphatic hydroxyl groups is 1. The second-order valence-corrected chi connectivity index (χ2v) is 3.79. The summed E-state index contributed by atoms with van der Waals surface area (Å²) in [6.07, 6.45) is 6.80. The number of allylic oxidation sites excluding steroid dienone is 1. The third kappa shape index (κ3) is 4.96. The Balaban J connectivity index is 4.36. The predicted octanol–water partition coefficient (Wildman–Crippen LogP) is 2.85. The standard InChI is InChI=1S/C13H22O2/c1-5-8-9-12(14)13(4,10-6-2)15-11-7-3/h5-7,12,14H,1-3,8-11H2,4H3/t12-,13+/m1/s1. The molecule has 0 bridgehead atoms. The van der Waals surface area contributed by atoms with Gasteiger partial charge in [0, 0.05) is 0 Å². The monoisotopic (exact) mass is 210 g/mol. The molecule has 0 radical (unpaired) electrons. The van der Waals surface area contributed by atoms with Crippen molar-refractivity contribution < 1.29 is 9.84 Å². The summed E-state index contributed by atoms with van der Waals surface area (Å²) < 4.78 is 5.60. The fourth-order valence-electron chi connectivity index (χ4n) is 1.41. The van der Waals surface area contributed by atoms with Gasteiger partial charge in [0.15, 0.2) is 0 Å². The largest absolute Gasteiger partial charge is 0.390 e. The minimum atomic E-state index is -0.570. The number of hydrogen-bond acceptors (Lipinski definition) is 2. The molecule has 0 unspecified atom stereocenters. The summed E-state index contributed by atoms with van der Waals surface area (Å²) in [6.45, 7) is 13.2. The molecule has 2 atom stereocenters. The normalized spacial score (nSPS) is 16.4. The lowest BCUT2D eigenvalue weighted by Crippen LogP contribution is -2.41. The molecule has 0 saturated heterocycles. The van der Waals surface area contributed by atoms with Gasteiger partial charge < -0.3 is 9.84 Å². The molecule has 0 aliphatic heterocycles. The zero-order valence-corrected chi connectivity index (χ0v) is 9.61. The van der Waals surface area contributed by atoms with E-state index in [1.807, 2.05) is 6.92 Å². The van der Waals surface area contributed by atoms with Gasteiger partial charge in [0.1, 0.15) is 0 Å². The van der Waals surface area contributed by atoms with Crippen molar-refractivity contribution in [2.75, 3.05) is 6.61 Å². The zero-order valence-electron chi connectivity index (χ0n) is 9.61. The maximum absolute atomic E-state index is 10.0.